The standard InChI is InChI=1S/C20H18O8/c21-13-5-1-11(2-6-13)19(23)27-15-9-25-18-16(10-26-17(15)18)28-20(24)12-3-7-14(22)8-4-12/h1-8,15-18,21-22H,9-10H2. The second kappa shape index (κ2) is 7.49. The smallest absolute Gasteiger partial charge is 0.338 e. The fraction of sp³-hybridized carbons (Fsp3) is 0.300. The van der Waals surface area contributed by atoms with Crippen LogP contribution in [0.25, 0.3) is 0 Å². The Hall–Kier alpha value is -3.10. The lowest BCUT2D eigenvalue weighted by Crippen LogP contribution is -2.36. The molecule has 146 valence electrons. The summed E-state index contributed by atoms with van der Waals surface area (Å²) in [6.07, 6.45) is -2.30. The van der Waals surface area contributed by atoms with Gasteiger partial charge in [-0.3, -0.25) is 0 Å². The number of carbonyl (C=O) groups excluding carboxylic acids is 2. The van der Waals surface area contributed by atoms with Crippen molar-refractivity contribution in [2.45, 2.75) is 24.4 Å². The first-order valence-electron chi connectivity index (χ1n) is 8.74. The van der Waals surface area contributed by atoms with E-state index < -0.39 is 36.4 Å². The second-order valence-electron chi connectivity index (χ2n) is 6.58. The van der Waals surface area contributed by atoms with Crippen LogP contribution in [0.5, 0.6) is 11.5 Å². The number of carbonyl (C=O) groups is 2. The summed E-state index contributed by atoms with van der Waals surface area (Å²) in [6.45, 7) is 0.263. The summed E-state index contributed by atoms with van der Waals surface area (Å²) in [5.74, 6) is -0.999. The lowest BCUT2D eigenvalue weighted by molar-refractivity contribution is -0.0287. The van der Waals surface area contributed by atoms with Crippen LogP contribution in [0.3, 0.4) is 0 Å². The summed E-state index contributed by atoms with van der Waals surface area (Å²) in [5, 5.41) is 18.6. The molecule has 2 heterocycles. The van der Waals surface area contributed by atoms with Gasteiger partial charge >= 0.3 is 11.9 Å². The molecule has 2 saturated heterocycles. The Kier molecular flexibility index (Phi) is 4.89. The van der Waals surface area contributed by atoms with E-state index in [1.54, 1.807) is 0 Å². The maximum absolute atomic E-state index is 12.3. The van der Waals surface area contributed by atoms with Gasteiger partial charge in [-0.1, -0.05) is 0 Å². The second-order valence-corrected chi connectivity index (χ2v) is 6.58. The van der Waals surface area contributed by atoms with E-state index in [0.29, 0.717) is 11.1 Å². The lowest BCUT2D eigenvalue weighted by atomic mass is 10.1. The zero-order chi connectivity index (χ0) is 19.7. The number of ether oxygens (including phenoxy) is 4. The van der Waals surface area contributed by atoms with Crippen LogP contribution in [-0.4, -0.2) is 59.8 Å². The molecule has 0 spiro atoms. The summed E-state index contributed by atoms with van der Waals surface area (Å²) >= 11 is 0. The molecule has 8 nitrogen and oxygen atoms in total. The molecule has 0 radical (unpaired) electrons. The normalized spacial score (nSPS) is 25.9. The number of phenols is 2. The molecule has 8 heteroatoms. The number of rotatable bonds is 4. The summed E-state index contributed by atoms with van der Waals surface area (Å²) in [4.78, 5) is 24.5. The highest BCUT2D eigenvalue weighted by molar-refractivity contribution is 5.90. The number of hydrogen-bond donors (Lipinski definition) is 2. The van der Waals surface area contributed by atoms with E-state index in [9.17, 15) is 19.8 Å². The van der Waals surface area contributed by atoms with Crippen molar-refractivity contribution in [3.63, 3.8) is 0 Å². The average molecular weight is 386 g/mol. The van der Waals surface area contributed by atoms with Crippen LogP contribution in [0.4, 0.5) is 0 Å². The Morgan fingerprint density at radius 1 is 0.714 bits per heavy atom. The highest BCUT2D eigenvalue weighted by Gasteiger charge is 2.51. The van der Waals surface area contributed by atoms with Crippen LogP contribution in [-0.2, 0) is 18.9 Å². The molecule has 2 N–H and O–H groups in total. The van der Waals surface area contributed by atoms with E-state index in [1.165, 1.54) is 48.5 Å². The van der Waals surface area contributed by atoms with E-state index in [0.717, 1.165) is 0 Å². The SMILES string of the molecule is O=C(OC1COC2C(OC(=O)c3ccc(O)cc3)COC12)c1ccc(O)cc1. The van der Waals surface area contributed by atoms with Crippen molar-refractivity contribution < 1.29 is 38.7 Å². The Bertz CT molecular complexity index is 787. The van der Waals surface area contributed by atoms with Gasteiger partial charge in [0.2, 0.25) is 0 Å². The van der Waals surface area contributed by atoms with Crippen LogP contribution >= 0.6 is 0 Å². The van der Waals surface area contributed by atoms with Crippen LogP contribution < -0.4 is 0 Å². The van der Waals surface area contributed by atoms with Crippen LogP contribution in [0.2, 0.25) is 0 Å². The van der Waals surface area contributed by atoms with Crippen LogP contribution in [0.1, 0.15) is 20.7 Å². The molecule has 2 aromatic carbocycles. The predicted molar refractivity (Wildman–Crippen MR) is 94.1 cm³/mol. The molecule has 2 aliphatic rings. The Morgan fingerprint density at radius 2 is 1.07 bits per heavy atom. The molecule has 0 amide bonds. The van der Waals surface area contributed by atoms with E-state index in [-0.39, 0.29) is 24.7 Å². The van der Waals surface area contributed by atoms with Crippen LogP contribution in [0, 0.1) is 0 Å². The predicted octanol–water partition coefficient (Wildman–Crippen LogP) is 1.65. The summed E-state index contributed by atoms with van der Waals surface area (Å²) in [5.41, 5.74) is 0.601. The largest absolute Gasteiger partial charge is 0.508 e. The van der Waals surface area contributed by atoms with Gasteiger partial charge in [0.1, 0.15) is 23.7 Å². The number of esters is 2. The molecule has 0 saturated carbocycles. The van der Waals surface area contributed by atoms with Gasteiger partial charge in [0.25, 0.3) is 0 Å². The third-order valence-electron chi connectivity index (χ3n) is 4.69. The lowest BCUT2D eigenvalue weighted by Gasteiger charge is -2.17. The third-order valence-corrected chi connectivity index (χ3v) is 4.69. The fourth-order valence-electron chi connectivity index (χ4n) is 3.24. The van der Waals surface area contributed by atoms with Crippen molar-refractivity contribution in [2.24, 2.45) is 0 Å². The van der Waals surface area contributed by atoms with Crippen LogP contribution in [0.15, 0.2) is 48.5 Å². The van der Waals surface area contributed by atoms with E-state index >= 15 is 0 Å². The van der Waals surface area contributed by atoms with Crippen molar-refractivity contribution >= 4 is 11.9 Å². The molecule has 28 heavy (non-hydrogen) atoms. The minimum absolute atomic E-state index is 0.0539. The van der Waals surface area contributed by atoms with Crippen molar-refractivity contribution in [2.75, 3.05) is 13.2 Å². The van der Waals surface area contributed by atoms with Gasteiger partial charge in [-0.15, -0.1) is 0 Å². The minimum atomic E-state index is -0.622. The van der Waals surface area contributed by atoms with E-state index in [4.69, 9.17) is 18.9 Å². The van der Waals surface area contributed by atoms with Gasteiger partial charge in [0.05, 0.1) is 24.3 Å². The topological polar surface area (TPSA) is 112 Å². The van der Waals surface area contributed by atoms with Gasteiger partial charge in [-0.2, -0.15) is 0 Å². The molecule has 0 aromatic heterocycles. The van der Waals surface area contributed by atoms with Crippen molar-refractivity contribution in [1.82, 2.24) is 0 Å². The molecule has 0 aliphatic carbocycles. The number of hydrogen-bond acceptors (Lipinski definition) is 8. The zero-order valence-electron chi connectivity index (χ0n) is 14.7. The molecular formula is C20H18O8. The van der Waals surface area contributed by atoms with Gasteiger partial charge in [-0.25, -0.2) is 9.59 Å². The molecule has 0 bridgehead atoms. The maximum Gasteiger partial charge on any atom is 0.338 e. The first kappa shape index (κ1) is 18.3. The molecule has 4 unspecified atom stereocenters. The first-order chi connectivity index (χ1) is 13.5. The summed E-state index contributed by atoms with van der Waals surface area (Å²) in [7, 11) is 0. The third kappa shape index (κ3) is 3.64. The number of benzene rings is 2. The van der Waals surface area contributed by atoms with E-state index in [2.05, 4.69) is 0 Å². The maximum atomic E-state index is 12.3. The molecule has 2 aliphatic heterocycles. The summed E-state index contributed by atoms with van der Waals surface area (Å²) < 4.78 is 22.2. The Labute approximate surface area is 160 Å². The summed E-state index contributed by atoms with van der Waals surface area (Å²) in [6, 6.07) is 11.4. The van der Waals surface area contributed by atoms with Gasteiger partial charge in [0.15, 0.2) is 12.2 Å². The van der Waals surface area contributed by atoms with Crippen molar-refractivity contribution in [1.29, 1.82) is 0 Å². The zero-order valence-corrected chi connectivity index (χ0v) is 14.7. The number of fused-ring (bicyclic) bond motifs is 1. The highest BCUT2D eigenvalue weighted by Crippen LogP contribution is 2.31. The number of phenolic OH excluding ortho intramolecular Hbond substituents is 2. The average Bonchev–Trinajstić information content (AvgIpc) is 3.26. The van der Waals surface area contributed by atoms with Gasteiger partial charge in [0, 0.05) is 0 Å². The molecule has 2 fully saturated rings. The van der Waals surface area contributed by atoms with Crippen molar-refractivity contribution in [3.8, 4) is 11.5 Å². The van der Waals surface area contributed by atoms with Gasteiger partial charge < -0.3 is 29.2 Å². The van der Waals surface area contributed by atoms with E-state index in [1.807, 2.05) is 0 Å². The van der Waals surface area contributed by atoms with Crippen molar-refractivity contribution in [3.05, 3.63) is 59.7 Å². The molecule has 4 atom stereocenters. The molecule has 4 rings (SSSR count). The molecular weight excluding hydrogens is 368 g/mol. The fourth-order valence-corrected chi connectivity index (χ4v) is 3.24. The number of aromatic hydroxyl groups is 2. The van der Waals surface area contributed by atoms with Gasteiger partial charge in [-0.05, 0) is 48.5 Å². The minimum Gasteiger partial charge on any atom is -0.508 e. The first-order valence-corrected chi connectivity index (χ1v) is 8.74. The molecule has 2 aromatic rings. The Balaban J connectivity index is 1.36. The highest BCUT2D eigenvalue weighted by atomic mass is 16.7. The Morgan fingerprint density at radius 3 is 1.43 bits per heavy atom. The monoisotopic (exact) mass is 386 g/mol. The quantitative estimate of drug-likeness (QED) is 0.763.